The topological polar surface area (TPSA) is 101 Å². The number of piperidine rings is 1. The zero-order valence-electron chi connectivity index (χ0n) is 17.5. The number of ether oxygens (including phenoxy) is 3. The standard InChI is InChI=1S/C22H26ClN3O5/c1-29-16-9-8-13(19(30-2)20(16)31-3)15-10-14(22(27)28)17-18(25-26-21(17)24-15)11-4-6-12(23)7-5-11/h4-9,14-15,17-18,21,24-26H,10H2,1-3H3,(H,27,28). The van der Waals surface area contributed by atoms with Gasteiger partial charge in [-0.1, -0.05) is 23.7 Å². The number of halogens is 1. The molecule has 5 unspecified atom stereocenters. The Morgan fingerprint density at radius 2 is 1.71 bits per heavy atom. The number of carboxylic acid groups (broad SMARTS) is 1. The number of methoxy groups -OCH3 is 3. The van der Waals surface area contributed by atoms with E-state index in [4.69, 9.17) is 25.8 Å². The SMILES string of the molecule is COc1ccc(C2CC(C(=O)O)C3C(NNC3c3ccc(Cl)cc3)N2)c(OC)c1OC. The Balaban J connectivity index is 1.67. The molecule has 0 aromatic heterocycles. The van der Waals surface area contributed by atoms with Crippen LogP contribution in [0.15, 0.2) is 36.4 Å². The van der Waals surface area contributed by atoms with Gasteiger partial charge in [0.05, 0.1) is 39.5 Å². The summed E-state index contributed by atoms with van der Waals surface area (Å²) in [6.07, 6.45) is 0.147. The summed E-state index contributed by atoms with van der Waals surface area (Å²) in [5.74, 6) is -0.0456. The quantitative estimate of drug-likeness (QED) is 0.536. The second-order valence-electron chi connectivity index (χ2n) is 7.70. The van der Waals surface area contributed by atoms with Crippen molar-refractivity contribution in [2.75, 3.05) is 21.3 Å². The van der Waals surface area contributed by atoms with E-state index < -0.39 is 11.9 Å². The van der Waals surface area contributed by atoms with E-state index in [9.17, 15) is 9.90 Å². The van der Waals surface area contributed by atoms with Gasteiger partial charge in [0.15, 0.2) is 11.5 Å². The van der Waals surface area contributed by atoms with Crippen LogP contribution in [0.2, 0.25) is 5.02 Å². The second-order valence-corrected chi connectivity index (χ2v) is 8.13. The molecule has 9 heteroatoms. The van der Waals surface area contributed by atoms with E-state index in [0.717, 1.165) is 11.1 Å². The minimum atomic E-state index is -0.828. The molecule has 2 aliphatic heterocycles. The number of hydrogen-bond donors (Lipinski definition) is 4. The van der Waals surface area contributed by atoms with Crippen molar-refractivity contribution in [3.05, 3.63) is 52.5 Å². The molecule has 2 heterocycles. The van der Waals surface area contributed by atoms with Gasteiger partial charge >= 0.3 is 5.97 Å². The summed E-state index contributed by atoms with van der Waals surface area (Å²) < 4.78 is 16.5. The van der Waals surface area contributed by atoms with Crippen molar-refractivity contribution in [2.45, 2.75) is 24.7 Å². The van der Waals surface area contributed by atoms with Gasteiger partial charge in [-0.15, -0.1) is 0 Å². The average Bonchev–Trinajstić information content (AvgIpc) is 3.21. The molecule has 0 spiro atoms. The zero-order valence-corrected chi connectivity index (χ0v) is 18.3. The van der Waals surface area contributed by atoms with Gasteiger partial charge in [-0.2, -0.15) is 0 Å². The van der Waals surface area contributed by atoms with Gasteiger partial charge in [0.25, 0.3) is 0 Å². The van der Waals surface area contributed by atoms with Gasteiger partial charge < -0.3 is 19.3 Å². The molecule has 2 saturated heterocycles. The highest BCUT2D eigenvalue weighted by molar-refractivity contribution is 6.30. The predicted octanol–water partition coefficient (Wildman–Crippen LogP) is 2.89. The van der Waals surface area contributed by atoms with Crippen LogP contribution in [0, 0.1) is 11.8 Å². The van der Waals surface area contributed by atoms with Gasteiger partial charge in [-0.3, -0.25) is 10.1 Å². The molecule has 5 atom stereocenters. The number of benzene rings is 2. The molecule has 8 nitrogen and oxygen atoms in total. The third-order valence-corrected chi connectivity index (χ3v) is 6.41. The highest BCUT2D eigenvalue weighted by Crippen LogP contribution is 2.47. The highest BCUT2D eigenvalue weighted by Gasteiger charge is 2.49. The van der Waals surface area contributed by atoms with Gasteiger partial charge in [0.1, 0.15) is 0 Å². The van der Waals surface area contributed by atoms with Gasteiger partial charge in [0.2, 0.25) is 5.75 Å². The van der Waals surface area contributed by atoms with Crippen molar-refractivity contribution >= 4 is 17.6 Å². The summed E-state index contributed by atoms with van der Waals surface area (Å²) in [7, 11) is 4.67. The van der Waals surface area contributed by atoms with E-state index in [0.29, 0.717) is 28.7 Å². The molecule has 2 aromatic rings. The summed E-state index contributed by atoms with van der Waals surface area (Å²) in [6.45, 7) is 0. The molecule has 4 N–H and O–H groups in total. The average molecular weight is 448 g/mol. The van der Waals surface area contributed by atoms with Gasteiger partial charge in [0, 0.05) is 22.5 Å². The molecule has 0 amide bonds. The van der Waals surface area contributed by atoms with Gasteiger partial charge in [-0.05, 0) is 36.2 Å². The number of hydrazine groups is 1. The molecule has 2 aromatic carbocycles. The molecule has 0 bridgehead atoms. The van der Waals surface area contributed by atoms with Crippen molar-refractivity contribution in [1.29, 1.82) is 0 Å². The van der Waals surface area contributed by atoms with Crippen molar-refractivity contribution < 1.29 is 24.1 Å². The molecule has 2 fully saturated rings. The number of fused-ring (bicyclic) bond motifs is 1. The molecule has 0 saturated carbocycles. The zero-order chi connectivity index (χ0) is 22.1. The fourth-order valence-electron chi connectivity index (χ4n) is 4.73. The van der Waals surface area contributed by atoms with Crippen LogP contribution in [0.5, 0.6) is 17.2 Å². The minimum Gasteiger partial charge on any atom is -0.493 e. The van der Waals surface area contributed by atoms with Crippen LogP contribution in [0.1, 0.15) is 29.6 Å². The van der Waals surface area contributed by atoms with Crippen LogP contribution in [-0.2, 0) is 4.79 Å². The molecule has 0 radical (unpaired) electrons. The number of hydrogen-bond acceptors (Lipinski definition) is 7. The second kappa shape index (κ2) is 8.92. The molecule has 0 aliphatic carbocycles. The molecule has 166 valence electrons. The summed E-state index contributed by atoms with van der Waals surface area (Å²) in [4.78, 5) is 12.3. The normalized spacial score (nSPS) is 27.4. The lowest BCUT2D eigenvalue weighted by Crippen LogP contribution is -2.53. The first kappa shape index (κ1) is 21.7. The first-order chi connectivity index (χ1) is 15.0. The maximum absolute atomic E-state index is 12.3. The largest absolute Gasteiger partial charge is 0.493 e. The molecular weight excluding hydrogens is 422 g/mol. The number of nitrogens with one attached hydrogen (secondary N) is 3. The Hall–Kier alpha value is -2.52. The summed E-state index contributed by atoms with van der Waals surface area (Å²) in [6, 6.07) is 10.7. The fraction of sp³-hybridized carbons (Fsp3) is 0.409. The third kappa shape index (κ3) is 3.92. The highest BCUT2D eigenvalue weighted by atomic mass is 35.5. The van der Waals surface area contributed by atoms with E-state index in [1.54, 1.807) is 27.4 Å². The lowest BCUT2D eigenvalue weighted by molar-refractivity contribution is -0.146. The summed E-state index contributed by atoms with van der Waals surface area (Å²) in [5.41, 5.74) is 8.31. The molecular formula is C22H26ClN3O5. The third-order valence-electron chi connectivity index (χ3n) is 6.16. The van der Waals surface area contributed by atoms with Crippen molar-refractivity contribution in [3.63, 3.8) is 0 Å². The number of aliphatic carboxylic acids is 1. The summed E-state index contributed by atoms with van der Waals surface area (Å²) >= 11 is 6.02. The first-order valence-electron chi connectivity index (χ1n) is 10.0. The summed E-state index contributed by atoms with van der Waals surface area (Å²) in [5, 5.41) is 14.3. The lowest BCUT2D eigenvalue weighted by atomic mass is 9.74. The van der Waals surface area contributed by atoms with Crippen molar-refractivity contribution in [2.24, 2.45) is 11.8 Å². The van der Waals surface area contributed by atoms with Crippen LogP contribution < -0.4 is 30.4 Å². The Bertz CT molecular complexity index is 955. The van der Waals surface area contributed by atoms with Crippen LogP contribution in [0.3, 0.4) is 0 Å². The van der Waals surface area contributed by atoms with Gasteiger partial charge in [-0.25, -0.2) is 10.9 Å². The Labute approximate surface area is 185 Å². The molecule has 31 heavy (non-hydrogen) atoms. The molecule has 2 aliphatic rings. The maximum atomic E-state index is 12.3. The van der Waals surface area contributed by atoms with Crippen LogP contribution >= 0.6 is 11.6 Å². The monoisotopic (exact) mass is 447 g/mol. The predicted molar refractivity (Wildman–Crippen MR) is 115 cm³/mol. The fourth-order valence-corrected chi connectivity index (χ4v) is 4.86. The number of carboxylic acids is 1. The number of carbonyl (C=O) groups is 1. The maximum Gasteiger partial charge on any atom is 0.307 e. The van der Waals surface area contributed by atoms with Crippen LogP contribution in [0.4, 0.5) is 0 Å². The first-order valence-corrected chi connectivity index (χ1v) is 10.4. The lowest BCUT2D eigenvalue weighted by Gasteiger charge is -2.39. The Morgan fingerprint density at radius 3 is 2.32 bits per heavy atom. The van der Waals surface area contributed by atoms with Crippen LogP contribution in [-0.4, -0.2) is 38.6 Å². The van der Waals surface area contributed by atoms with Crippen molar-refractivity contribution in [3.8, 4) is 17.2 Å². The van der Waals surface area contributed by atoms with E-state index in [2.05, 4.69) is 16.2 Å². The smallest absolute Gasteiger partial charge is 0.307 e. The van der Waals surface area contributed by atoms with E-state index in [1.165, 1.54) is 0 Å². The van der Waals surface area contributed by atoms with Crippen LogP contribution in [0.25, 0.3) is 0 Å². The van der Waals surface area contributed by atoms with E-state index in [1.807, 2.05) is 30.3 Å². The molecule has 4 rings (SSSR count). The van der Waals surface area contributed by atoms with E-state index in [-0.39, 0.29) is 24.2 Å². The van der Waals surface area contributed by atoms with Crippen molar-refractivity contribution in [1.82, 2.24) is 16.2 Å². The Morgan fingerprint density at radius 1 is 1.00 bits per heavy atom. The van der Waals surface area contributed by atoms with E-state index >= 15 is 0 Å². The number of rotatable bonds is 6. The minimum absolute atomic E-state index is 0.163. The Kier molecular flexibility index (Phi) is 6.24.